The number of esters is 1. The van der Waals surface area contributed by atoms with Crippen molar-refractivity contribution in [2.75, 3.05) is 6.61 Å². The Kier molecular flexibility index (Phi) is 5.06. The van der Waals surface area contributed by atoms with Gasteiger partial charge in [-0.25, -0.2) is 9.78 Å². The first-order valence-corrected chi connectivity index (χ1v) is 8.85. The van der Waals surface area contributed by atoms with Gasteiger partial charge in [0.1, 0.15) is 5.69 Å². The molecule has 2 amide bonds. The molecular weight excluding hydrogens is 412 g/mol. The number of carbonyl (C=O) groups is 3. The zero-order valence-corrected chi connectivity index (χ0v) is 15.6. The highest BCUT2D eigenvalue weighted by Gasteiger charge is 2.43. The lowest BCUT2D eigenvalue weighted by atomic mass is 9.94. The van der Waals surface area contributed by atoms with E-state index in [1.807, 2.05) is 6.08 Å². The van der Waals surface area contributed by atoms with Crippen LogP contribution in [0.3, 0.4) is 0 Å². The number of imide groups is 1. The number of carbonyl (C=O) groups excluding carboxylic acids is 3. The number of ether oxygens (including phenoxy) is 1. The normalized spacial score (nSPS) is 19.1. The molecule has 8 heteroatoms. The van der Waals surface area contributed by atoms with Crippen LogP contribution < -0.4 is 0 Å². The van der Waals surface area contributed by atoms with Crippen molar-refractivity contribution >= 4 is 45.3 Å². The molecule has 25 heavy (non-hydrogen) atoms. The fourth-order valence-electron chi connectivity index (χ4n) is 2.79. The van der Waals surface area contributed by atoms with Gasteiger partial charge < -0.3 is 4.74 Å². The van der Waals surface area contributed by atoms with E-state index in [1.165, 1.54) is 6.07 Å². The standard InChI is InChI=1S/C17H14BrClN2O4/c1-2-25-17(24)12-7-11(18)14(19)13(20-12)8-21-15(22)9-5-3-4-6-10(9)16(21)23/h3-5,7,10H,2,6,8H2,1H3. The van der Waals surface area contributed by atoms with Crippen LogP contribution in [0.1, 0.15) is 29.5 Å². The van der Waals surface area contributed by atoms with Crippen LogP contribution in [0.4, 0.5) is 0 Å². The molecule has 0 bridgehead atoms. The van der Waals surface area contributed by atoms with E-state index in [2.05, 4.69) is 20.9 Å². The molecule has 130 valence electrons. The molecule has 0 aromatic carbocycles. The largest absolute Gasteiger partial charge is 0.461 e. The predicted molar refractivity (Wildman–Crippen MR) is 93.8 cm³/mol. The van der Waals surface area contributed by atoms with Gasteiger partial charge in [0.2, 0.25) is 5.91 Å². The first kappa shape index (κ1) is 17.8. The number of pyridine rings is 1. The van der Waals surface area contributed by atoms with E-state index in [-0.39, 0.29) is 41.4 Å². The quantitative estimate of drug-likeness (QED) is 0.547. The minimum Gasteiger partial charge on any atom is -0.461 e. The number of hydrogen-bond acceptors (Lipinski definition) is 5. The smallest absolute Gasteiger partial charge is 0.356 e. The second-order valence-corrected chi connectivity index (χ2v) is 6.77. The van der Waals surface area contributed by atoms with E-state index in [9.17, 15) is 14.4 Å². The number of amides is 2. The molecule has 1 aromatic heterocycles. The zero-order valence-electron chi connectivity index (χ0n) is 13.3. The van der Waals surface area contributed by atoms with Gasteiger partial charge in [0.05, 0.1) is 29.8 Å². The molecule has 1 saturated heterocycles. The Morgan fingerprint density at radius 3 is 2.92 bits per heavy atom. The number of allylic oxidation sites excluding steroid dienone is 3. The number of fused-ring (bicyclic) bond motifs is 1. The highest BCUT2D eigenvalue weighted by Crippen LogP contribution is 2.34. The van der Waals surface area contributed by atoms with Crippen LogP contribution in [0.2, 0.25) is 5.02 Å². The van der Waals surface area contributed by atoms with Crippen LogP contribution in [-0.4, -0.2) is 34.3 Å². The van der Waals surface area contributed by atoms with Crippen molar-refractivity contribution in [3.05, 3.63) is 50.8 Å². The highest BCUT2D eigenvalue weighted by molar-refractivity contribution is 9.10. The maximum Gasteiger partial charge on any atom is 0.356 e. The molecule has 1 aliphatic carbocycles. The van der Waals surface area contributed by atoms with Gasteiger partial charge in [-0.2, -0.15) is 0 Å². The third-order valence-electron chi connectivity index (χ3n) is 3.99. The number of likely N-dealkylation sites (tertiary alicyclic amines) is 1. The molecular formula is C17H14BrClN2O4. The zero-order chi connectivity index (χ0) is 18.1. The summed E-state index contributed by atoms with van der Waals surface area (Å²) in [5, 5.41) is 0.246. The van der Waals surface area contributed by atoms with E-state index in [4.69, 9.17) is 16.3 Å². The van der Waals surface area contributed by atoms with E-state index in [1.54, 1.807) is 19.1 Å². The lowest BCUT2D eigenvalue weighted by Gasteiger charge is -2.16. The molecule has 1 unspecified atom stereocenters. The van der Waals surface area contributed by atoms with Gasteiger partial charge in [0.25, 0.3) is 5.91 Å². The van der Waals surface area contributed by atoms with E-state index >= 15 is 0 Å². The summed E-state index contributed by atoms with van der Waals surface area (Å²) in [6.45, 7) is 1.80. The molecule has 3 rings (SSSR count). The topological polar surface area (TPSA) is 76.6 Å². The Labute approximate surface area is 157 Å². The Morgan fingerprint density at radius 2 is 2.24 bits per heavy atom. The van der Waals surface area contributed by atoms with E-state index < -0.39 is 11.9 Å². The van der Waals surface area contributed by atoms with Crippen LogP contribution in [-0.2, 0) is 20.9 Å². The van der Waals surface area contributed by atoms with Crippen molar-refractivity contribution in [1.82, 2.24) is 9.88 Å². The summed E-state index contributed by atoms with van der Waals surface area (Å²) in [4.78, 5) is 42.3. The summed E-state index contributed by atoms with van der Waals surface area (Å²) in [6.07, 6.45) is 5.78. The second-order valence-electron chi connectivity index (χ2n) is 5.54. The summed E-state index contributed by atoms with van der Waals surface area (Å²) in [5.41, 5.74) is 0.794. The lowest BCUT2D eigenvalue weighted by Crippen LogP contribution is -2.31. The maximum absolute atomic E-state index is 12.5. The van der Waals surface area contributed by atoms with Crippen LogP contribution in [0, 0.1) is 5.92 Å². The molecule has 0 saturated carbocycles. The van der Waals surface area contributed by atoms with Gasteiger partial charge in [-0.15, -0.1) is 0 Å². The fourth-order valence-corrected chi connectivity index (χ4v) is 3.39. The summed E-state index contributed by atoms with van der Waals surface area (Å²) in [5.74, 6) is -1.68. The molecule has 0 N–H and O–H groups in total. The van der Waals surface area contributed by atoms with Crippen LogP contribution in [0.5, 0.6) is 0 Å². The number of hydrogen-bond donors (Lipinski definition) is 0. The monoisotopic (exact) mass is 424 g/mol. The summed E-state index contributed by atoms with van der Waals surface area (Å²) < 4.78 is 5.38. The van der Waals surface area contributed by atoms with Gasteiger partial charge in [-0.05, 0) is 35.3 Å². The van der Waals surface area contributed by atoms with Crippen LogP contribution in [0.25, 0.3) is 0 Å². The molecule has 6 nitrogen and oxygen atoms in total. The average Bonchev–Trinajstić information content (AvgIpc) is 2.84. The number of rotatable bonds is 4. The molecule has 1 fully saturated rings. The van der Waals surface area contributed by atoms with E-state index in [0.29, 0.717) is 16.5 Å². The van der Waals surface area contributed by atoms with Gasteiger partial charge >= 0.3 is 5.97 Å². The Bertz CT molecular complexity index is 834. The third-order valence-corrected chi connectivity index (χ3v) is 5.27. The lowest BCUT2D eigenvalue weighted by molar-refractivity contribution is -0.139. The molecule has 1 aromatic rings. The third kappa shape index (κ3) is 3.26. The number of nitrogens with zero attached hydrogens (tertiary/aromatic N) is 2. The van der Waals surface area contributed by atoms with Crippen LogP contribution in [0.15, 0.2) is 34.3 Å². The van der Waals surface area contributed by atoms with Gasteiger partial charge in [-0.3, -0.25) is 14.5 Å². The van der Waals surface area contributed by atoms with Crippen molar-refractivity contribution in [2.45, 2.75) is 19.9 Å². The number of halogens is 2. The highest BCUT2D eigenvalue weighted by atomic mass is 79.9. The summed E-state index contributed by atoms with van der Waals surface area (Å²) >= 11 is 9.50. The van der Waals surface area contributed by atoms with Crippen molar-refractivity contribution in [1.29, 1.82) is 0 Å². The van der Waals surface area contributed by atoms with Gasteiger partial charge in [0.15, 0.2) is 0 Å². The van der Waals surface area contributed by atoms with Gasteiger partial charge in [0, 0.05) is 10.0 Å². The fraction of sp³-hybridized carbons (Fsp3) is 0.294. The molecule has 2 heterocycles. The Balaban J connectivity index is 1.91. The summed E-state index contributed by atoms with van der Waals surface area (Å²) in [6, 6.07) is 1.45. The minimum atomic E-state index is -0.597. The SMILES string of the molecule is CCOC(=O)c1cc(Br)c(Cl)c(CN2C(=O)C3=CC=CCC3C2=O)n1. The molecule has 2 aliphatic rings. The number of aromatic nitrogens is 1. The van der Waals surface area contributed by atoms with Crippen molar-refractivity contribution in [3.8, 4) is 0 Å². The van der Waals surface area contributed by atoms with E-state index in [0.717, 1.165) is 4.90 Å². The predicted octanol–water partition coefficient (Wildman–Crippen LogP) is 3.05. The summed E-state index contributed by atoms with van der Waals surface area (Å²) in [7, 11) is 0. The second kappa shape index (κ2) is 7.09. The first-order chi connectivity index (χ1) is 11.9. The molecule has 0 radical (unpaired) electrons. The van der Waals surface area contributed by atoms with Crippen molar-refractivity contribution in [2.24, 2.45) is 5.92 Å². The molecule has 1 atom stereocenters. The molecule has 1 aliphatic heterocycles. The Morgan fingerprint density at radius 1 is 1.48 bits per heavy atom. The van der Waals surface area contributed by atoms with Gasteiger partial charge in [-0.1, -0.05) is 29.8 Å². The average molecular weight is 426 g/mol. The maximum atomic E-state index is 12.5. The van der Waals surface area contributed by atoms with Crippen LogP contribution >= 0.6 is 27.5 Å². The minimum absolute atomic E-state index is 0.0607. The Hall–Kier alpha value is -1.99. The first-order valence-electron chi connectivity index (χ1n) is 7.68. The van der Waals surface area contributed by atoms with Crippen molar-refractivity contribution < 1.29 is 19.1 Å². The van der Waals surface area contributed by atoms with Crippen molar-refractivity contribution in [3.63, 3.8) is 0 Å². The molecule has 0 spiro atoms.